The third-order valence-corrected chi connectivity index (χ3v) is 2.69. The summed E-state index contributed by atoms with van der Waals surface area (Å²) in [4.78, 5) is 0. The van der Waals surface area contributed by atoms with Crippen molar-refractivity contribution in [2.45, 2.75) is 6.42 Å². The molecule has 0 fully saturated rings. The molecule has 0 unspecified atom stereocenters. The van der Waals surface area contributed by atoms with Crippen molar-refractivity contribution in [1.82, 2.24) is 10.2 Å². The van der Waals surface area contributed by atoms with Crippen molar-refractivity contribution in [1.29, 1.82) is 0 Å². The van der Waals surface area contributed by atoms with Gasteiger partial charge in [-0.15, -0.1) is 10.2 Å². The number of aliphatic hydroxyl groups is 1. The maximum atomic E-state index is 8.44. The minimum atomic E-state index is 0.0801. The van der Waals surface area contributed by atoms with Gasteiger partial charge in [-0.25, -0.2) is 0 Å². The lowest BCUT2D eigenvalue weighted by molar-refractivity contribution is 0.0922. The highest BCUT2D eigenvalue weighted by molar-refractivity contribution is 9.11. The standard InChI is InChI=1S/C7H12BrN3O2S/c8-6-10-11-7(14-6)9-2-1-4-13-5-3-12/h12H,1-5H2,(H,9,11). The van der Waals surface area contributed by atoms with Crippen LogP contribution in [0.3, 0.4) is 0 Å². The molecule has 0 aliphatic carbocycles. The molecule has 0 aliphatic rings. The van der Waals surface area contributed by atoms with Gasteiger partial charge in [0.05, 0.1) is 13.2 Å². The van der Waals surface area contributed by atoms with E-state index in [0.717, 1.165) is 22.0 Å². The number of hydrogen-bond donors (Lipinski definition) is 2. The highest BCUT2D eigenvalue weighted by Gasteiger charge is 1.98. The maximum Gasteiger partial charge on any atom is 0.206 e. The van der Waals surface area contributed by atoms with Crippen molar-refractivity contribution in [2.75, 3.05) is 31.7 Å². The highest BCUT2D eigenvalue weighted by Crippen LogP contribution is 2.19. The monoisotopic (exact) mass is 281 g/mol. The van der Waals surface area contributed by atoms with Crippen LogP contribution in [0.2, 0.25) is 0 Å². The van der Waals surface area contributed by atoms with Gasteiger partial charge in [0.25, 0.3) is 0 Å². The number of aromatic nitrogens is 2. The Bertz CT molecular complexity index is 259. The summed E-state index contributed by atoms with van der Waals surface area (Å²) in [5, 5.41) is 20.0. The lowest BCUT2D eigenvalue weighted by Crippen LogP contribution is -2.07. The molecule has 0 saturated heterocycles. The molecule has 1 heterocycles. The van der Waals surface area contributed by atoms with E-state index in [4.69, 9.17) is 9.84 Å². The summed E-state index contributed by atoms with van der Waals surface area (Å²) in [7, 11) is 0. The van der Waals surface area contributed by atoms with Crippen LogP contribution in [0, 0.1) is 0 Å². The molecule has 0 aromatic carbocycles. The van der Waals surface area contributed by atoms with Gasteiger partial charge in [-0.1, -0.05) is 11.3 Å². The van der Waals surface area contributed by atoms with Gasteiger partial charge in [0, 0.05) is 13.2 Å². The van der Waals surface area contributed by atoms with Gasteiger partial charge in [0.15, 0.2) is 3.92 Å². The molecule has 2 N–H and O–H groups in total. The van der Waals surface area contributed by atoms with Crippen molar-refractivity contribution < 1.29 is 9.84 Å². The van der Waals surface area contributed by atoms with Crippen molar-refractivity contribution in [3.05, 3.63) is 3.92 Å². The first-order valence-corrected chi connectivity index (χ1v) is 5.85. The molecule has 1 rings (SSSR count). The van der Waals surface area contributed by atoms with Gasteiger partial charge >= 0.3 is 0 Å². The number of nitrogens with zero attached hydrogens (tertiary/aromatic N) is 2. The summed E-state index contributed by atoms with van der Waals surface area (Å²) in [5.41, 5.74) is 0. The highest BCUT2D eigenvalue weighted by atomic mass is 79.9. The van der Waals surface area contributed by atoms with Gasteiger partial charge in [-0.3, -0.25) is 0 Å². The van der Waals surface area contributed by atoms with Crippen molar-refractivity contribution in [3.8, 4) is 0 Å². The van der Waals surface area contributed by atoms with E-state index in [1.807, 2.05) is 0 Å². The van der Waals surface area contributed by atoms with Crippen LogP contribution in [-0.4, -0.2) is 41.7 Å². The molecule has 80 valence electrons. The summed E-state index contributed by atoms with van der Waals surface area (Å²) in [5.74, 6) is 0. The molecule has 0 radical (unpaired) electrons. The Labute approximate surface area is 94.6 Å². The third-order valence-electron chi connectivity index (χ3n) is 1.38. The molecule has 1 aromatic heterocycles. The van der Waals surface area contributed by atoms with Crippen LogP contribution in [0.5, 0.6) is 0 Å². The first-order chi connectivity index (χ1) is 6.83. The second-order valence-electron chi connectivity index (χ2n) is 2.48. The zero-order valence-electron chi connectivity index (χ0n) is 7.57. The molecule has 0 saturated carbocycles. The van der Waals surface area contributed by atoms with E-state index in [9.17, 15) is 0 Å². The Balaban J connectivity index is 1.99. The second kappa shape index (κ2) is 7.10. The van der Waals surface area contributed by atoms with E-state index >= 15 is 0 Å². The molecule has 5 nitrogen and oxygen atoms in total. The molecule has 0 spiro atoms. The Morgan fingerprint density at radius 3 is 2.93 bits per heavy atom. The zero-order valence-corrected chi connectivity index (χ0v) is 9.97. The Kier molecular flexibility index (Phi) is 6.00. The topological polar surface area (TPSA) is 67.3 Å². The first kappa shape index (κ1) is 11.8. The van der Waals surface area contributed by atoms with E-state index in [2.05, 4.69) is 31.4 Å². The predicted molar refractivity (Wildman–Crippen MR) is 58.6 cm³/mol. The number of anilines is 1. The van der Waals surface area contributed by atoms with Gasteiger partial charge in [0.2, 0.25) is 5.13 Å². The number of hydrogen-bond acceptors (Lipinski definition) is 6. The van der Waals surface area contributed by atoms with Crippen LogP contribution in [0.25, 0.3) is 0 Å². The van der Waals surface area contributed by atoms with Crippen LogP contribution in [-0.2, 0) is 4.74 Å². The van der Waals surface area contributed by atoms with Gasteiger partial charge in [-0.2, -0.15) is 0 Å². The molecule has 0 amide bonds. The fraction of sp³-hybridized carbons (Fsp3) is 0.714. The van der Waals surface area contributed by atoms with E-state index < -0.39 is 0 Å². The molecule has 1 aromatic rings. The Hall–Kier alpha value is -0.240. The van der Waals surface area contributed by atoms with E-state index in [-0.39, 0.29) is 6.61 Å². The summed E-state index contributed by atoms with van der Waals surface area (Å²) in [6.07, 6.45) is 0.886. The van der Waals surface area contributed by atoms with Gasteiger partial charge < -0.3 is 15.2 Å². The van der Waals surface area contributed by atoms with Gasteiger partial charge in [-0.05, 0) is 22.4 Å². The molecular formula is C7H12BrN3O2S. The summed E-state index contributed by atoms with van der Waals surface area (Å²) < 4.78 is 5.87. The maximum absolute atomic E-state index is 8.44. The normalized spacial score (nSPS) is 10.4. The average Bonchev–Trinajstić information content (AvgIpc) is 2.58. The van der Waals surface area contributed by atoms with Crippen LogP contribution < -0.4 is 5.32 Å². The summed E-state index contributed by atoms with van der Waals surface area (Å²) in [6, 6.07) is 0. The zero-order chi connectivity index (χ0) is 10.2. The molecule has 7 heteroatoms. The van der Waals surface area contributed by atoms with Gasteiger partial charge in [0.1, 0.15) is 0 Å². The van der Waals surface area contributed by atoms with Crippen LogP contribution in [0.4, 0.5) is 5.13 Å². The van der Waals surface area contributed by atoms with Crippen LogP contribution in [0.15, 0.2) is 3.92 Å². The Morgan fingerprint density at radius 2 is 2.29 bits per heavy atom. The number of halogens is 1. The van der Waals surface area contributed by atoms with E-state index in [0.29, 0.717) is 13.2 Å². The number of aliphatic hydroxyl groups excluding tert-OH is 1. The lowest BCUT2D eigenvalue weighted by Gasteiger charge is -2.02. The largest absolute Gasteiger partial charge is 0.394 e. The first-order valence-electron chi connectivity index (χ1n) is 4.24. The van der Waals surface area contributed by atoms with Crippen LogP contribution in [0.1, 0.15) is 6.42 Å². The molecule has 0 atom stereocenters. The number of rotatable bonds is 7. The SMILES string of the molecule is OCCOCCCNc1nnc(Br)s1. The predicted octanol–water partition coefficient (Wildman–Crippen LogP) is 1.11. The molecule has 14 heavy (non-hydrogen) atoms. The van der Waals surface area contributed by atoms with E-state index in [1.54, 1.807) is 0 Å². The summed E-state index contributed by atoms with van der Waals surface area (Å²) in [6.45, 7) is 1.93. The second-order valence-corrected chi connectivity index (χ2v) is 4.73. The van der Waals surface area contributed by atoms with Crippen molar-refractivity contribution in [2.24, 2.45) is 0 Å². The number of ether oxygens (including phenoxy) is 1. The van der Waals surface area contributed by atoms with Crippen molar-refractivity contribution >= 4 is 32.4 Å². The third kappa shape index (κ3) is 4.85. The quantitative estimate of drug-likeness (QED) is 0.733. The average molecular weight is 282 g/mol. The Morgan fingerprint density at radius 1 is 1.43 bits per heavy atom. The number of nitrogens with one attached hydrogen (secondary N) is 1. The molecular weight excluding hydrogens is 270 g/mol. The lowest BCUT2D eigenvalue weighted by atomic mass is 10.4. The molecule has 0 bridgehead atoms. The summed E-state index contributed by atoms with van der Waals surface area (Å²) >= 11 is 4.69. The fourth-order valence-corrected chi connectivity index (χ4v) is 1.85. The smallest absolute Gasteiger partial charge is 0.206 e. The van der Waals surface area contributed by atoms with Crippen molar-refractivity contribution in [3.63, 3.8) is 0 Å². The minimum Gasteiger partial charge on any atom is -0.394 e. The molecule has 0 aliphatic heterocycles. The minimum absolute atomic E-state index is 0.0801. The van der Waals surface area contributed by atoms with Crippen LogP contribution >= 0.6 is 27.3 Å². The fourth-order valence-electron chi connectivity index (χ4n) is 0.813. The van der Waals surface area contributed by atoms with E-state index in [1.165, 1.54) is 11.3 Å².